The largest absolute Gasteiger partial charge is 0.240 e. The molecule has 0 radical (unpaired) electrons. The summed E-state index contributed by atoms with van der Waals surface area (Å²) in [5.74, 6) is 0.164. The van der Waals surface area contributed by atoms with Crippen molar-refractivity contribution < 1.29 is 16.8 Å². The van der Waals surface area contributed by atoms with Gasteiger partial charge in [0.1, 0.15) is 0 Å². The highest BCUT2D eigenvalue weighted by Gasteiger charge is 2.26. The average Bonchev–Trinajstić information content (AvgIpc) is 2.45. The lowest BCUT2D eigenvalue weighted by atomic mass is 9.99. The van der Waals surface area contributed by atoms with Gasteiger partial charge in [0.05, 0.1) is 11.2 Å². The van der Waals surface area contributed by atoms with Crippen molar-refractivity contribution >= 4 is 20.0 Å². The average molecular weight is 346 g/mol. The van der Waals surface area contributed by atoms with Gasteiger partial charge in [-0.1, -0.05) is 18.2 Å². The fraction of sp³-hybridized carbons (Fsp3) is 0.571. The van der Waals surface area contributed by atoms with Gasteiger partial charge in [0.15, 0.2) is 0 Å². The molecule has 1 N–H and O–H groups in total. The lowest BCUT2D eigenvalue weighted by Gasteiger charge is -2.30. The Kier molecular flexibility index (Phi) is 5.26. The van der Waals surface area contributed by atoms with Crippen LogP contribution in [0.4, 0.5) is 0 Å². The van der Waals surface area contributed by atoms with Crippen molar-refractivity contribution in [2.24, 2.45) is 5.92 Å². The lowest BCUT2D eigenvalue weighted by molar-refractivity contribution is 0.275. The molecule has 1 fully saturated rings. The van der Waals surface area contributed by atoms with Crippen LogP contribution in [-0.2, 0) is 20.0 Å². The highest BCUT2D eigenvalue weighted by Crippen LogP contribution is 2.20. The SMILES string of the molecule is Cc1ccccc1S(=O)(=O)NCC1CCN(S(C)(=O)=O)CC1. The minimum atomic E-state index is -3.51. The van der Waals surface area contributed by atoms with E-state index in [4.69, 9.17) is 0 Å². The first-order chi connectivity index (χ1) is 10.2. The molecule has 1 aliphatic rings. The Morgan fingerprint density at radius 2 is 1.73 bits per heavy atom. The summed E-state index contributed by atoms with van der Waals surface area (Å²) in [6.45, 7) is 3.01. The molecule has 0 bridgehead atoms. The number of rotatable bonds is 5. The van der Waals surface area contributed by atoms with Crippen LogP contribution >= 0.6 is 0 Å². The lowest BCUT2D eigenvalue weighted by Crippen LogP contribution is -2.41. The molecular weight excluding hydrogens is 324 g/mol. The van der Waals surface area contributed by atoms with E-state index in [1.54, 1.807) is 31.2 Å². The molecule has 0 saturated carbocycles. The number of piperidine rings is 1. The summed E-state index contributed by atoms with van der Waals surface area (Å²) in [4.78, 5) is 0.295. The highest BCUT2D eigenvalue weighted by molar-refractivity contribution is 7.89. The van der Waals surface area contributed by atoms with Gasteiger partial charge in [0.25, 0.3) is 0 Å². The molecule has 1 saturated heterocycles. The summed E-state index contributed by atoms with van der Waals surface area (Å²) < 4.78 is 51.6. The van der Waals surface area contributed by atoms with E-state index in [0.29, 0.717) is 42.9 Å². The second-order valence-corrected chi connectivity index (χ2v) is 9.44. The van der Waals surface area contributed by atoms with Crippen molar-refractivity contribution in [2.75, 3.05) is 25.9 Å². The minimum absolute atomic E-state index is 0.164. The fourth-order valence-corrected chi connectivity index (χ4v) is 4.84. The first kappa shape index (κ1) is 17.4. The molecule has 1 aliphatic heterocycles. The van der Waals surface area contributed by atoms with Crippen LogP contribution in [0.25, 0.3) is 0 Å². The van der Waals surface area contributed by atoms with E-state index in [0.717, 1.165) is 0 Å². The molecule has 1 aromatic carbocycles. The monoisotopic (exact) mass is 346 g/mol. The molecule has 0 amide bonds. The van der Waals surface area contributed by atoms with E-state index in [2.05, 4.69) is 4.72 Å². The molecule has 124 valence electrons. The Bertz CT molecular complexity index is 721. The summed E-state index contributed by atoms with van der Waals surface area (Å²) in [6, 6.07) is 6.85. The molecular formula is C14H22N2O4S2. The van der Waals surface area contributed by atoms with Gasteiger partial charge in [-0.2, -0.15) is 0 Å². The van der Waals surface area contributed by atoms with Gasteiger partial charge < -0.3 is 0 Å². The smallest absolute Gasteiger partial charge is 0.213 e. The molecule has 0 unspecified atom stereocenters. The van der Waals surface area contributed by atoms with Crippen molar-refractivity contribution in [3.63, 3.8) is 0 Å². The Morgan fingerprint density at radius 1 is 1.14 bits per heavy atom. The van der Waals surface area contributed by atoms with Gasteiger partial charge in [-0.3, -0.25) is 0 Å². The topological polar surface area (TPSA) is 83.6 Å². The maximum atomic E-state index is 12.3. The maximum absolute atomic E-state index is 12.3. The number of hydrogen-bond donors (Lipinski definition) is 1. The quantitative estimate of drug-likeness (QED) is 0.860. The molecule has 1 aromatic rings. The van der Waals surface area contributed by atoms with Gasteiger partial charge >= 0.3 is 0 Å². The zero-order valence-electron chi connectivity index (χ0n) is 12.8. The van der Waals surface area contributed by atoms with Crippen LogP contribution in [0.2, 0.25) is 0 Å². The van der Waals surface area contributed by atoms with E-state index in [1.807, 2.05) is 0 Å². The minimum Gasteiger partial charge on any atom is -0.213 e. The summed E-state index contributed by atoms with van der Waals surface area (Å²) in [7, 11) is -6.66. The molecule has 0 atom stereocenters. The third kappa shape index (κ3) is 4.28. The molecule has 0 spiro atoms. The summed E-state index contributed by atoms with van der Waals surface area (Å²) >= 11 is 0. The van der Waals surface area contributed by atoms with E-state index >= 15 is 0 Å². The van der Waals surface area contributed by atoms with E-state index < -0.39 is 20.0 Å². The van der Waals surface area contributed by atoms with E-state index in [-0.39, 0.29) is 5.92 Å². The predicted molar refractivity (Wildman–Crippen MR) is 85.5 cm³/mol. The Balaban J connectivity index is 1.93. The third-order valence-corrected chi connectivity index (χ3v) is 6.87. The van der Waals surface area contributed by atoms with Crippen LogP contribution in [0.3, 0.4) is 0 Å². The number of nitrogens with zero attached hydrogens (tertiary/aromatic N) is 1. The number of sulfonamides is 2. The van der Waals surface area contributed by atoms with Crippen LogP contribution in [0.1, 0.15) is 18.4 Å². The number of aryl methyl sites for hydroxylation is 1. The first-order valence-electron chi connectivity index (χ1n) is 7.20. The summed E-state index contributed by atoms with van der Waals surface area (Å²) in [5.41, 5.74) is 0.710. The molecule has 8 heteroatoms. The van der Waals surface area contributed by atoms with Gasteiger partial charge in [0, 0.05) is 19.6 Å². The summed E-state index contributed by atoms with van der Waals surface area (Å²) in [5, 5.41) is 0. The third-order valence-electron chi connectivity index (χ3n) is 3.99. The Labute approximate surface area is 132 Å². The molecule has 2 rings (SSSR count). The summed E-state index contributed by atoms with van der Waals surface area (Å²) in [6.07, 6.45) is 2.54. The molecule has 0 aromatic heterocycles. The van der Waals surface area contributed by atoms with Crippen molar-refractivity contribution in [1.29, 1.82) is 0 Å². The number of nitrogens with one attached hydrogen (secondary N) is 1. The van der Waals surface area contributed by atoms with Crippen molar-refractivity contribution in [3.05, 3.63) is 29.8 Å². The van der Waals surface area contributed by atoms with Crippen LogP contribution < -0.4 is 4.72 Å². The molecule has 6 nitrogen and oxygen atoms in total. The van der Waals surface area contributed by atoms with Crippen molar-refractivity contribution in [3.8, 4) is 0 Å². The normalized spacial score (nSPS) is 18.5. The highest BCUT2D eigenvalue weighted by atomic mass is 32.2. The van der Waals surface area contributed by atoms with Gasteiger partial charge in [-0.25, -0.2) is 25.9 Å². The molecule has 0 aliphatic carbocycles. The van der Waals surface area contributed by atoms with Gasteiger partial charge in [0.2, 0.25) is 20.0 Å². The number of benzene rings is 1. The zero-order chi connectivity index (χ0) is 16.4. The molecule has 22 heavy (non-hydrogen) atoms. The standard InChI is InChI=1S/C14H22N2O4S2/c1-12-5-3-4-6-14(12)22(19,20)15-11-13-7-9-16(10-8-13)21(2,17)18/h3-6,13,15H,7-11H2,1-2H3. The van der Waals surface area contributed by atoms with Crippen LogP contribution in [-0.4, -0.2) is 47.0 Å². The van der Waals surface area contributed by atoms with Crippen LogP contribution in [0.5, 0.6) is 0 Å². The van der Waals surface area contributed by atoms with E-state index in [1.165, 1.54) is 10.6 Å². The van der Waals surface area contributed by atoms with Crippen molar-refractivity contribution in [2.45, 2.75) is 24.7 Å². The van der Waals surface area contributed by atoms with Gasteiger partial charge in [-0.15, -0.1) is 0 Å². The second kappa shape index (κ2) is 6.66. The molecule has 1 heterocycles. The van der Waals surface area contributed by atoms with Crippen LogP contribution in [0, 0.1) is 12.8 Å². The fourth-order valence-electron chi connectivity index (χ4n) is 2.61. The van der Waals surface area contributed by atoms with Gasteiger partial charge in [-0.05, 0) is 37.3 Å². The van der Waals surface area contributed by atoms with Crippen LogP contribution in [0.15, 0.2) is 29.2 Å². The predicted octanol–water partition coefficient (Wildman–Crippen LogP) is 0.945. The number of hydrogen-bond acceptors (Lipinski definition) is 4. The van der Waals surface area contributed by atoms with E-state index in [9.17, 15) is 16.8 Å². The Hall–Kier alpha value is -0.960. The maximum Gasteiger partial charge on any atom is 0.240 e. The van der Waals surface area contributed by atoms with Crippen molar-refractivity contribution in [1.82, 2.24) is 9.03 Å². The second-order valence-electron chi connectivity index (χ2n) is 5.72. The zero-order valence-corrected chi connectivity index (χ0v) is 14.5. The first-order valence-corrected chi connectivity index (χ1v) is 10.5. The Morgan fingerprint density at radius 3 is 2.27 bits per heavy atom.